The third-order valence-corrected chi connectivity index (χ3v) is 8.46. The lowest BCUT2D eigenvalue weighted by atomic mass is 9.82. The van der Waals surface area contributed by atoms with E-state index in [2.05, 4.69) is 9.47 Å². The number of ether oxygens (including phenoxy) is 4. The number of halogens is 6. The second-order valence-electron chi connectivity index (χ2n) is 12.9. The highest BCUT2D eigenvalue weighted by Gasteiger charge is 2.43. The van der Waals surface area contributed by atoms with Crippen molar-refractivity contribution < 1.29 is 74.7 Å². The molecule has 61 heavy (non-hydrogen) atoms. The number of anilines is 2. The van der Waals surface area contributed by atoms with Crippen molar-refractivity contribution in [3.8, 4) is 23.0 Å². The average molecular weight is 851 g/mol. The Morgan fingerprint density at radius 2 is 0.984 bits per heavy atom. The maximum absolute atomic E-state index is 13.3. The van der Waals surface area contributed by atoms with Crippen LogP contribution in [0.2, 0.25) is 0 Å². The summed E-state index contributed by atoms with van der Waals surface area (Å²) in [6.07, 6.45) is -5.88. The Morgan fingerprint density at radius 3 is 1.39 bits per heavy atom. The molecule has 0 bridgehead atoms. The van der Waals surface area contributed by atoms with Gasteiger partial charge in [-0.05, 0) is 114 Å². The minimum atomic E-state index is -4.90. The smallest absolute Gasteiger partial charge is 0.423 e. The summed E-state index contributed by atoms with van der Waals surface area (Å²) in [4.78, 5) is 51.7. The van der Waals surface area contributed by atoms with Crippen LogP contribution >= 0.6 is 0 Å². The fourth-order valence-electron chi connectivity index (χ4n) is 5.52. The Kier molecular flexibility index (Phi) is 13.7. The standard InChI is InChI=1S/C43H32F6N2O10/c44-42(45,46)60-33-17-13-31(14-18-33)58-39(54)27-7-1-25(2-8-27)5-12-30(52)24-36(35-21-11-29(50)23-37(35)51)41(56,57)38(53)22-6-26-3-9-28(10-4-26)40(55)59-32-15-19-34(20-16-32)61-43(47,48)49/h1-23,36,56-57H,24,50-51H2. The average Bonchev–Trinajstić information content (AvgIpc) is 3.19. The summed E-state index contributed by atoms with van der Waals surface area (Å²) in [7, 11) is 0. The number of benzene rings is 5. The maximum Gasteiger partial charge on any atom is 0.573 e. The van der Waals surface area contributed by atoms with Gasteiger partial charge in [-0.25, -0.2) is 9.59 Å². The number of carbonyl (C=O) groups is 4. The van der Waals surface area contributed by atoms with Crippen molar-refractivity contribution in [1.82, 2.24) is 0 Å². The second kappa shape index (κ2) is 18.6. The van der Waals surface area contributed by atoms with E-state index in [9.17, 15) is 55.7 Å². The van der Waals surface area contributed by atoms with Crippen molar-refractivity contribution in [3.05, 3.63) is 155 Å². The predicted octanol–water partition coefficient (Wildman–Crippen LogP) is 7.81. The highest BCUT2D eigenvalue weighted by Crippen LogP contribution is 2.36. The van der Waals surface area contributed by atoms with Crippen LogP contribution in [0, 0.1) is 0 Å². The van der Waals surface area contributed by atoms with Crippen LogP contribution in [0.5, 0.6) is 23.0 Å². The number of nitrogen functional groups attached to an aromatic ring is 2. The van der Waals surface area contributed by atoms with E-state index in [0.717, 1.165) is 60.7 Å². The molecule has 5 aromatic carbocycles. The van der Waals surface area contributed by atoms with Crippen LogP contribution in [0.25, 0.3) is 12.2 Å². The van der Waals surface area contributed by atoms with Gasteiger partial charge in [0.2, 0.25) is 11.6 Å². The van der Waals surface area contributed by atoms with Gasteiger partial charge in [0, 0.05) is 17.8 Å². The lowest BCUT2D eigenvalue weighted by Gasteiger charge is -2.30. The highest BCUT2D eigenvalue weighted by atomic mass is 19.4. The molecule has 0 aliphatic carbocycles. The summed E-state index contributed by atoms with van der Waals surface area (Å²) < 4.78 is 92.3. The molecule has 5 rings (SSSR count). The Hall–Kier alpha value is -7.44. The highest BCUT2D eigenvalue weighted by molar-refractivity contribution is 6.01. The first kappa shape index (κ1) is 44.7. The molecule has 1 unspecified atom stereocenters. The van der Waals surface area contributed by atoms with E-state index in [0.29, 0.717) is 11.1 Å². The molecule has 18 heteroatoms. The molecule has 1 atom stereocenters. The molecule has 0 heterocycles. The van der Waals surface area contributed by atoms with Crippen LogP contribution < -0.4 is 30.4 Å². The second-order valence-corrected chi connectivity index (χ2v) is 12.9. The van der Waals surface area contributed by atoms with E-state index < -0.39 is 65.9 Å². The molecular formula is C43H32F6N2O10. The summed E-state index contributed by atoms with van der Waals surface area (Å²) in [6, 6.07) is 23.5. The molecule has 0 aliphatic heterocycles. The molecule has 0 aromatic heterocycles. The zero-order valence-electron chi connectivity index (χ0n) is 31.1. The molecule has 12 nitrogen and oxygen atoms in total. The van der Waals surface area contributed by atoms with Crippen LogP contribution in [0.15, 0.2) is 127 Å². The Bertz CT molecular complexity index is 2430. The molecule has 6 N–H and O–H groups in total. The van der Waals surface area contributed by atoms with Crippen LogP contribution in [-0.2, 0) is 9.59 Å². The molecule has 0 amide bonds. The van der Waals surface area contributed by atoms with Crippen molar-refractivity contribution in [2.75, 3.05) is 11.5 Å². The summed E-state index contributed by atoms with van der Waals surface area (Å²) in [6.45, 7) is 0. The molecule has 0 saturated carbocycles. The number of carbonyl (C=O) groups excluding carboxylic acids is 4. The fourth-order valence-corrected chi connectivity index (χ4v) is 5.52. The van der Waals surface area contributed by atoms with E-state index >= 15 is 0 Å². The molecule has 0 radical (unpaired) electrons. The summed E-state index contributed by atoms with van der Waals surface area (Å²) in [5, 5.41) is 22.5. The Labute approximate surface area is 341 Å². The largest absolute Gasteiger partial charge is 0.573 e. The van der Waals surface area contributed by atoms with Gasteiger partial charge in [-0.2, -0.15) is 0 Å². The number of esters is 2. The van der Waals surface area contributed by atoms with E-state index in [1.54, 1.807) is 0 Å². The van der Waals surface area contributed by atoms with Crippen molar-refractivity contribution in [2.45, 2.75) is 30.9 Å². The third kappa shape index (κ3) is 13.0. The normalized spacial score (nSPS) is 12.5. The molecule has 0 fully saturated rings. The van der Waals surface area contributed by atoms with Gasteiger partial charge in [-0.15, -0.1) is 26.3 Å². The van der Waals surface area contributed by atoms with Crippen LogP contribution in [0.1, 0.15) is 49.7 Å². The minimum absolute atomic E-state index is 0.0264. The van der Waals surface area contributed by atoms with E-state index in [1.165, 1.54) is 78.9 Å². The first-order valence-corrected chi connectivity index (χ1v) is 17.5. The number of hydrogen-bond donors (Lipinski definition) is 4. The molecule has 5 aromatic rings. The number of nitrogens with two attached hydrogens (primary N) is 2. The molecule has 0 saturated heterocycles. The zero-order valence-corrected chi connectivity index (χ0v) is 31.1. The van der Waals surface area contributed by atoms with E-state index in [1.807, 2.05) is 0 Å². The van der Waals surface area contributed by atoms with Gasteiger partial charge >= 0.3 is 24.7 Å². The maximum atomic E-state index is 13.3. The zero-order chi connectivity index (χ0) is 44.5. The number of hydrogen-bond acceptors (Lipinski definition) is 12. The Morgan fingerprint density at radius 1 is 0.574 bits per heavy atom. The van der Waals surface area contributed by atoms with Crippen molar-refractivity contribution >= 4 is 47.0 Å². The first-order chi connectivity index (χ1) is 28.6. The van der Waals surface area contributed by atoms with Gasteiger partial charge in [0.1, 0.15) is 23.0 Å². The topological polar surface area (TPSA) is 198 Å². The van der Waals surface area contributed by atoms with Gasteiger partial charge in [0.05, 0.1) is 17.0 Å². The molecule has 0 spiro atoms. The number of allylic oxidation sites excluding steroid dienone is 1. The van der Waals surface area contributed by atoms with Crippen molar-refractivity contribution in [1.29, 1.82) is 0 Å². The number of aliphatic hydroxyl groups is 2. The minimum Gasteiger partial charge on any atom is -0.423 e. The van der Waals surface area contributed by atoms with E-state index in [-0.39, 0.29) is 39.6 Å². The van der Waals surface area contributed by atoms with Crippen molar-refractivity contribution in [2.24, 2.45) is 0 Å². The summed E-state index contributed by atoms with van der Waals surface area (Å²) in [5.41, 5.74) is 13.0. The van der Waals surface area contributed by atoms with Crippen molar-refractivity contribution in [3.63, 3.8) is 0 Å². The fraction of sp³-hybridized carbons (Fsp3) is 0.116. The summed E-state index contributed by atoms with van der Waals surface area (Å²) in [5.74, 6) is -9.51. The monoisotopic (exact) mass is 850 g/mol. The van der Waals surface area contributed by atoms with E-state index in [4.69, 9.17) is 20.9 Å². The Balaban J connectivity index is 1.23. The van der Waals surface area contributed by atoms with Crippen LogP contribution in [0.4, 0.5) is 37.7 Å². The lowest BCUT2D eigenvalue weighted by Crippen LogP contribution is -2.44. The predicted molar refractivity (Wildman–Crippen MR) is 207 cm³/mol. The van der Waals surface area contributed by atoms with Gasteiger partial charge < -0.3 is 40.6 Å². The van der Waals surface area contributed by atoms with Gasteiger partial charge in [0.25, 0.3) is 0 Å². The molecule has 0 aliphatic rings. The lowest BCUT2D eigenvalue weighted by molar-refractivity contribution is -0.275. The summed E-state index contributed by atoms with van der Waals surface area (Å²) >= 11 is 0. The SMILES string of the molecule is Nc1ccc(C(CC(=O)C=Cc2ccc(C(=O)Oc3ccc(OC(F)(F)F)cc3)cc2)C(O)(O)C(=O)C=Cc2ccc(C(=O)Oc3ccc(OC(F)(F)F)cc3)cc2)c(N)c1. The number of ketones is 2. The van der Waals surface area contributed by atoms with Crippen LogP contribution in [0.3, 0.4) is 0 Å². The van der Waals surface area contributed by atoms with Gasteiger partial charge in [-0.3, -0.25) is 9.59 Å². The number of rotatable bonds is 15. The van der Waals surface area contributed by atoms with Gasteiger partial charge in [-0.1, -0.05) is 42.5 Å². The molecular weight excluding hydrogens is 818 g/mol. The molecule has 316 valence electrons. The quantitative estimate of drug-likeness (QED) is 0.0199. The van der Waals surface area contributed by atoms with Gasteiger partial charge in [0.15, 0.2) is 5.78 Å². The first-order valence-electron chi connectivity index (χ1n) is 17.5. The third-order valence-electron chi connectivity index (χ3n) is 8.46. The number of alkyl halides is 6. The van der Waals surface area contributed by atoms with Crippen LogP contribution in [-0.4, -0.2) is 52.2 Å².